The first-order valence-corrected chi connectivity index (χ1v) is 9.20. The zero-order chi connectivity index (χ0) is 20.3. The molecular formula is C22H21NO5. The van der Waals surface area contributed by atoms with Crippen molar-refractivity contribution in [1.29, 1.82) is 0 Å². The molecule has 3 rings (SSSR count). The molecule has 0 saturated carbocycles. The van der Waals surface area contributed by atoms with Crippen LogP contribution in [0.15, 0.2) is 48.5 Å². The third-order valence-electron chi connectivity index (χ3n) is 4.71. The number of ketones is 1. The van der Waals surface area contributed by atoms with E-state index in [1.807, 2.05) is 19.1 Å². The van der Waals surface area contributed by atoms with E-state index in [4.69, 9.17) is 4.74 Å². The van der Waals surface area contributed by atoms with Crippen molar-refractivity contribution in [2.24, 2.45) is 0 Å². The summed E-state index contributed by atoms with van der Waals surface area (Å²) in [5, 5.41) is 0. The number of benzene rings is 2. The lowest BCUT2D eigenvalue weighted by molar-refractivity contribution is -0.121. The molecule has 0 N–H and O–H groups in total. The highest BCUT2D eigenvalue weighted by Crippen LogP contribution is 2.23. The number of esters is 1. The van der Waals surface area contributed by atoms with E-state index >= 15 is 0 Å². The zero-order valence-electron chi connectivity index (χ0n) is 15.8. The first-order valence-electron chi connectivity index (χ1n) is 9.20. The summed E-state index contributed by atoms with van der Waals surface area (Å²) in [7, 11) is 0. The molecule has 0 aromatic heterocycles. The first-order chi connectivity index (χ1) is 13.4. The van der Waals surface area contributed by atoms with Crippen molar-refractivity contribution in [2.45, 2.75) is 39.2 Å². The topological polar surface area (TPSA) is 80.8 Å². The van der Waals surface area contributed by atoms with Crippen molar-refractivity contribution in [3.63, 3.8) is 0 Å². The molecule has 1 atom stereocenters. The zero-order valence-corrected chi connectivity index (χ0v) is 15.8. The summed E-state index contributed by atoms with van der Waals surface area (Å²) >= 11 is 0. The molecule has 0 radical (unpaired) electrons. The predicted molar refractivity (Wildman–Crippen MR) is 103 cm³/mol. The normalized spacial score (nSPS) is 14.9. The number of Topliss-reactive ketones (excluding diaryl/α,β-unsaturated/α-hetero) is 1. The highest BCUT2D eigenvalue weighted by Gasteiger charge is 2.30. The van der Waals surface area contributed by atoms with E-state index < -0.39 is 12.1 Å². The van der Waals surface area contributed by atoms with Crippen molar-refractivity contribution in [1.82, 2.24) is 0 Å². The van der Waals surface area contributed by atoms with Crippen molar-refractivity contribution in [2.75, 3.05) is 4.90 Å². The molecule has 1 fully saturated rings. The van der Waals surface area contributed by atoms with E-state index in [2.05, 4.69) is 0 Å². The maximum Gasteiger partial charge on any atom is 0.338 e. The van der Waals surface area contributed by atoms with Crippen molar-refractivity contribution in [3.05, 3.63) is 65.2 Å². The molecule has 1 aliphatic heterocycles. The average Bonchev–Trinajstić information content (AvgIpc) is 3.05. The molecule has 144 valence electrons. The van der Waals surface area contributed by atoms with Crippen LogP contribution in [0.4, 0.5) is 5.69 Å². The van der Waals surface area contributed by atoms with Gasteiger partial charge in [0.1, 0.15) is 0 Å². The van der Waals surface area contributed by atoms with Gasteiger partial charge in [0.25, 0.3) is 0 Å². The van der Waals surface area contributed by atoms with Crippen LogP contribution in [0.1, 0.15) is 53.0 Å². The summed E-state index contributed by atoms with van der Waals surface area (Å²) < 4.78 is 5.28. The Hall–Kier alpha value is -3.28. The fourth-order valence-electron chi connectivity index (χ4n) is 3.03. The van der Waals surface area contributed by atoms with Crippen LogP contribution in [0, 0.1) is 0 Å². The number of hydrogen-bond donors (Lipinski definition) is 0. The summed E-state index contributed by atoms with van der Waals surface area (Å²) in [6.07, 6.45) is 0.341. The van der Waals surface area contributed by atoms with Gasteiger partial charge >= 0.3 is 5.97 Å². The minimum Gasteiger partial charge on any atom is -0.451 e. The molecule has 6 heteroatoms. The quantitative estimate of drug-likeness (QED) is 0.437. The Kier molecular flexibility index (Phi) is 5.68. The van der Waals surface area contributed by atoms with E-state index in [-0.39, 0.29) is 36.0 Å². The van der Waals surface area contributed by atoms with Crippen molar-refractivity contribution >= 4 is 29.3 Å². The molecule has 2 aromatic rings. The number of nitrogens with zero attached hydrogens (tertiary/aromatic N) is 1. The van der Waals surface area contributed by atoms with E-state index in [1.165, 1.54) is 31.2 Å². The van der Waals surface area contributed by atoms with Gasteiger partial charge in [-0.2, -0.15) is 0 Å². The van der Waals surface area contributed by atoms with E-state index in [0.717, 1.165) is 16.9 Å². The maximum atomic E-state index is 12.5. The second-order valence-electron chi connectivity index (χ2n) is 6.63. The van der Waals surface area contributed by atoms with Gasteiger partial charge in [0.2, 0.25) is 17.6 Å². The number of carbonyl (C=O) groups is 4. The van der Waals surface area contributed by atoms with Crippen LogP contribution in [0.3, 0.4) is 0 Å². The molecular weight excluding hydrogens is 358 g/mol. The minimum atomic E-state index is -0.929. The highest BCUT2D eigenvalue weighted by molar-refractivity contribution is 6.19. The van der Waals surface area contributed by atoms with Crippen LogP contribution in [-0.2, 0) is 20.7 Å². The molecule has 0 bridgehead atoms. The third-order valence-corrected chi connectivity index (χ3v) is 4.71. The van der Waals surface area contributed by atoms with Gasteiger partial charge in [-0.25, -0.2) is 4.79 Å². The highest BCUT2D eigenvalue weighted by atomic mass is 16.5. The number of rotatable bonds is 6. The van der Waals surface area contributed by atoms with Gasteiger partial charge in [0.15, 0.2) is 6.10 Å². The number of aryl methyl sites for hydroxylation is 1. The fourth-order valence-corrected chi connectivity index (χ4v) is 3.03. The number of ether oxygens (including phenoxy) is 1. The summed E-state index contributed by atoms with van der Waals surface area (Å²) in [6.45, 7) is 3.56. The standard InChI is InChI=1S/C22H21NO5/c1-3-15-4-6-16(7-5-15)21(26)14(2)28-22(27)17-8-10-18(11-9-17)23-19(24)12-13-20(23)25/h4-11,14H,3,12-13H2,1-2H3/t14-/m0/s1. The Bertz CT molecular complexity index is 899. The Morgan fingerprint density at radius 3 is 2.00 bits per heavy atom. The Morgan fingerprint density at radius 2 is 1.46 bits per heavy atom. The predicted octanol–water partition coefficient (Wildman–Crippen LogP) is 3.33. The number of amides is 2. The molecule has 28 heavy (non-hydrogen) atoms. The smallest absolute Gasteiger partial charge is 0.338 e. The molecule has 2 aromatic carbocycles. The van der Waals surface area contributed by atoms with Gasteiger partial charge in [-0.1, -0.05) is 31.2 Å². The Labute approximate surface area is 163 Å². The number of imide groups is 1. The van der Waals surface area contributed by atoms with Crippen LogP contribution >= 0.6 is 0 Å². The molecule has 0 aliphatic carbocycles. The van der Waals surface area contributed by atoms with Gasteiger partial charge in [-0.3, -0.25) is 19.3 Å². The van der Waals surface area contributed by atoms with Gasteiger partial charge in [0, 0.05) is 18.4 Å². The summed E-state index contributed by atoms with van der Waals surface area (Å²) in [6, 6.07) is 13.2. The fraction of sp³-hybridized carbons (Fsp3) is 0.273. The van der Waals surface area contributed by atoms with E-state index in [1.54, 1.807) is 12.1 Å². The van der Waals surface area contributed by atoms with E-state index in [9.17, 15) is 19.2 Å². The van der Waals surface area contributed by atoms with Gasteiger partial charge in [0.05, 0.1) is 11.3 Å². The summed E-state index contributed by atoms with van der Waals surface area (Å²) in [4.78, 5) is 49.4. The molecule has 2 amide bonds. The Balaban J connectivity index is 1.65. The molecule has 1 saturated heterocycles. The van der Waals surface area contributed by atoms with Gasteiger partial charge in [-0.05, 0) is 43.2 Å². The molecule has 1 heterocycles. The van der Waals surface area contributed by atoms with Crippen LogP contribution < -0.4 is 4.90 Å². The Morgan fingerprint density at radius 1 is 0.929 bits per heavy atom. The average molecular weight is 379 g/mol. The van der Waals surface area contributed by atoms with Crippen LogP contribution in [0.2, 0.25) is 0 Å². The number of carbonyl (C=O) groups excluding carboxylic acids is 4. The summed E-state index contributed by atoms with van der Waals surface area (Å²) in [5.74, 6) is -1.43. The number of anilines is 1. The van der Waals surface area contributed by atoms with Crippen LogP contribution in [0.25, 0.3) is 0 Å². The second kappa shape index (κ2) is 8.17. The van der Waals surface area contributed by atoms with Gasteiger partial charge < -0.3 is 4.74 Å². The lowest BCUT2D eigenvalue weighted by atomic mass is 10.0. The van der Waals surface area contributed by atoms with Crippen LogP contribution in [0.5, 0.6) is 0 Å². The third kappa shape index (κ3) is 4.01. The molecule has 0 unspecified atom stereocenters. The van der Waals surface area contributed by atoms with Gasteiger partial charge in [-0.15, -0.1) is 0 Å². The maximum absolute atomic E-state index is 12.5. The molecule has 0 spiro atoms. The van der Waals surface area contributed by atoms with Crippen molar-refractivity contribution < 1.29 is 23.9 Å². The first kappa shape index (κ1) is 19.5. The van der Waals surface area contributed by atoms with Crippen molar-refractivity contribution in [3.8, 4) is 0 Å². The monoisotopic (exact) mass is 379 g/mol. The summed E-state index contributed by atoms with van der Waals surface area (Å²) in [5.41, 5.74) is 2.27. The largest absolute Gasteiger partial charge is 0.451 e. The molecule has 6 nitrogen and oxygen atoms in total. The lowest BCUT2D eigenvalue weighted by Gasteiger charge is -2.15. The molecule has 1 aliphatic rings. The SMILES string of the molecule is CCc1ccc(C(=O)[C@H](C)OC(=O)c2ccc(N3C(=O)CCC3=O)cc2)cc1. The lowest BCUT2D eigenvalue weighted by Crippen LogP contribution is -2.28. The van der Waals surface area contributed by atoms with Crippen LogP contribution in [-0.4, -0.2) is 29.7 Å². The number of hydrogen-bond acceptors (Lipinski definition) is 5. The van der Waals surface area contributed by atoms with E-state index in [0.29, 0.717) is 11.3 Å². The second-order valence-corrected chi connectivity index (χ2v) is 6.63. The minimum absolute atomic E-state index is 0.196.